The lowest BCUT2D eigenvalue weighted by Gasteiger charge is -2.25. The number of rotatable bonds is 5. The van der Waals surface area contributed by atoms with Crippen LogP contribution in [0, 0.1) is 13.8 Å². The summed E-state index contributed by atoms with van der Waals surface area (Å²) >= 11 is 0. The van der Waals surface area contributed by atoms with E-state index in [4.69, 9.17) is 4.74 Å². The quantitative estimate of drug-likeness (QED) is 0.846. The Kier molecular flexibility index (Phi) is 4.83. The Hall–Kier alpha value is -2.37. The van der Waals surface area contributed by atoms with E-state index in [9.17, 15) is 4.79 Å². The molecular formula is C18H24N4O2. The molecule has 6 heteroatoms. The summed E-state index contributed by atoms with van der Waals surface area (Å²) in [5.41, 5.74) is 2.76. The summed E-state index contributed by atoms with van der Waals surface area (Å²) in [7, 11) is 0. The summed E-state index contributed by atoms with van der Waals surface area (Å²) in [6.07, 6.45) is 3.64. The van der Waals surface area contributed by atoms with Crippen molar-refractivity contribution in [2.75, 3.05) is 13.2 Å². The molecule has 1 aliphatic rings. The minimum absolute atomic E-state index is 0.0366. The summed E-state index contributed by atoms with van der Waals surface area (Å²) in [4.78, 5) is 19.0. The molecule has 0 N–H and O–H groups in total. The minimum atomic E-state index is 0.0366. The van der Waals surface area contributed by atoms with Crippen LogP contribution in [0.1, 0.15) is 41.5 Å². The second kappa shape index (κ2) is 7.03. The van der Waals surface area contributed by atoms with Gasteiger partial charge in [0.1, 0.15) is 0 Å². The number of pyridine rings is 1. The number of ether oxygens (including phenoxy) is 1. The van der Waals surface area contributed by atoms with Crippen LogP contribution in [0.5, 0.6) is 5.88 Å². The van der Waals surface area contributed by atoms with Crippen molar-refractivity contribution in [3.8, 4) is 5.88 Å². The summed E-state index contributed by atoms with van der Waals surface area (Å²) < 4.78 is 7.34. The molecule has 1 saturated heterocycles. The molecule has 1 fully saturated rings. The number of aryl methyl sites for hydroxylation is 2. The lowest BCUT2D eigenvalue weighted by Crippen LogP contribution is -2.38. The zero-order chi connectivity index (χ0) is 17.1. The van der Waals surface area contributed by atoms with E-state index < -0.39 is 0 Å². The molecule has 128 valence electrons. The Labute approximate surface area is 142 Å². The molecule has 24 heavy (non-hydrogen) atoms. The van der Waals surface area contributed by atoms with Gasteiger partial charge in [-0.2, -0.15) is 5.10 Å². The zero-order valence-corrected chi connectivity index (χ0v) is 14.5. The summed E-state index contributed by atoms with van der Waals surface area (Å²) in [5.74, 6) is 0.587. The monoisotopic (exact) mass is 328 g/mol. The number of aromatic nitrogens is 3. The van der Waals surface area contributed by atoms with E-state index in [-0.39, 0.29) is 11.9 Å². The average Bonchev–Trinajstić information content (AvgIpc) is 3.14. The Bertz CT molecular complexity index is 708. The topological polar surface area (TPSA) is 60.2 Å². The third kappa shape index (κ3) is 3.42. The molecule has 3 heterocycles. The molecule has 1 amide bonds. The number of hydrogen-bond donors (Lipinski definition) is 0. The van der Waals surface area contributed by atoms with Crippen LogP contribution in [0.15, 0.2) is 24.4 Å². The highest BCUT2D eigenvalue weighted by molar-refractivity contribution is 5.94. The third-order valence-corrected chi connectivity index (χ3v) is 4.40. The van der Waals surface area contributed by atoms with E-state index in [0.29, 0.717) is 18.1 Å². The maximum absolute atomic E-state index is 12.8. The van der Waals surface area contributed by atoms with Crippen LogP contribution < -0.4 is 4.74 Å². The fourth-order valence-electron chi connectivity index (χ4n) is 3.26. The number of likely N-dealkylation sites (tertiary alicyclic amines) is 1. The van der Waals surface area contributed by atoms with Crippen molar-refractivity contribution in [2.45, 2.75) is 46.2 Å². The first-order valence-electron chi connectivity index (χ1n) is 8.49. The summed E-state index contributed by atoms with van der Waals surface area (Å²) in [6.45, 7) is 8.06. The first kappa shape index (κ1) is 16.5. The highest BCUT2D eigenvalue weighted by Gasteiger charge is 2.30. The van der Waals surface area contributed by atoms with Crippen molar-refractivity contribution < 1.29 is 9.53 Å². The fourth-order valence-corrected chi connectivity index (χ4v) is 3.26. The van der Waals surface area contributed by atoms with Gasteiger partial charge in [-0.3, -0.25) is 9.48 Å². The summed E-state index contributed by atoms with van der Waals surface area (Å²) in [5, 5.41) is 4.52. The fraction of sp³-hybridized carbons (Fsp3) is 0.500. The van der Waals surface area contributed by atoms with Crippen molar-refractivity contribution in [1.29, 1.82) is 0 Å². The molecular weight excluding hydrogens is 304 g/mol. The molecule has 1 unspecified atom stereocenters. The standard InChI is InChI=1S/C18H24N4O2/c1-4-24-17-8-7-15(11-19-17)18(23)21-9-5-6-16(21)12-22-14(3)10-13(2)20-22/h7-8,10-11,16H,4-6,9,12H2,1-3H3. The number of carbonyl (C=O) groups is 1. The van der Waals surface area contributed by atoms with Crippen LogP contribution in [0.3, 0.4) is 0 Å². The van der Waals surface area contributed by atoms with Crippen LogP contribution in [0.2, 0.25) is 0 Å². The van der Waals surface area contributed by atoms with E-state index >= 15 is 0 Å². The van der Waals surface area contributed by atoms with Gasteiger partial charge in [0, 0.05) is 24.5 Å². The van der Waals surface area contributed by atoms with Gasteiger partial charge in [0.15, 0.2) is 0 Å². The smallest absolute Gasteiger partial charge is 0.255 e. The molecule has 2 aromatic rings. The molecule has 6 nitrogen and oxygen atoms in total. The Morgan fingerprint density at radius 3 is 2.83 bits per heavy atom. The molecule has 2 aromatic heterocycles. The highest BCUT2D eigenvalue weighted by atomic mass is 16.5. The van der Waals surface area contributed by atoms with Gasteiger partial charge in [-0.15, -0.1) is 0 Å². The molecule has 0 aromatic carbocycles. The van der Waals surface area contributed by atoms with Crippen LogP contribution in [0.4, 0.5) is 0 Å². The maximum atomic E-state index is 12.8. The third-order valence-electron chi connectivity index (χ3n) is 4.40. The molecule has 1 aliphatic heterocycles. The van der Waals surface area contributed by atoms with E-state index in [2.05, 4.69) is 23.1 Å². The van der Waals surface area contributed by atoms with Gasteiger partial charge in [0.2, 0.25) is 5.88 Å². The predicted octanol–water partition coefficient (Wildman–Crippen LogP) is 2.60. The van der Waals surface area contributed by atoms with Gasteiger partial charge >= 0.3 is 0 Å². The van der Waals surface area contributed by atoms with Gasteiger partial charge < -0.3 is 9.64 Å². The Balaban J connectivity index is 1.72. The molecule has 0 bridgehead atoms. The largest absolute Gasteiger partial charge is 0.478 e. The van der Waals surface area contributed by atoms with Crippen LogP contribution in [-0.4, -0.2) is 44.8 Å². The van der Waals surface area contributed by atoms with E-state index in [1.807, 2.05) is 23.4 Å². The first-order valence-corrected chi connectivity index (χ1v) is 8.49. The molecule has 3 rings (SSSR count). The van der Waals surface area contributed by atoms with Gasteiger partial charge in [0.25, 0.3) is 5.91 Å². The van der Waals surface area contributed by atoms with Crippen LogP contribution >= 0.6 is 0 Å². The maximum Gasteiger partial charge on any atom is 0.255 e. The van der Waals surface area contributed by atoms with Gasteiger partial charge in [-0.1, -0.05) is 0 Å². The van der Waals surface area contributed by atoms with Crippen molar-refractivity contribution >= 4 is 5.91 Å². The predicted molar refractivity (Wildman–Crippen MR) is 91.2 cm³/mol. The van der Waals surface area contributed by atoms with E-state index in [1.165, 1.54) is 0 Å². The molecule has 0 aliphatic carbocycles. The number of carbonyl (C=O) groups excluding carboxylic acids is 1. The molecule has 1 atom stereocenters. The SMILES string of the molecule is CCOc1ccc(C(=O)N2CCCC2Cn2nc(C)cc2C)cn1. The minimum Gasteiger partial charge on any atom is -0.478 e. The number of hydrogen-bond acceptors (Lipinski definition) is 4. The van der Waals surface area contributed by atoms with Gasteiger partial charge in [-0.25, -0.2) is 4.98 Å². The van der Waals surface area contributed by atoms with Crippen molar-refractivity contribution in [1.82, 2.24) is 19.7 Å². The second-order valence-corrected chi connectivity index (χ2v) is 6.22. The normalized spacial score (nSPS) is 17.3. The van der Waals surface area contributed by atoms with Crippen LogP contribution in [-0.2, 0) is 6.54 Å². The Morgan fingerprint density at radius 2 is 2.21 bits per heavy atom. The average molecular weight is 328 g/mol. The van der Waals surface area contributed by atoms with Crippen molar-refractivity contribution in [3.63, 3.8) is 0 Å². The number of amides is 1. The van der Waals surface area contributed by atoms with E-state index in [0.717, 1.165) is 37.3 Å². The van der Waals surface area contributed by atoms with Gasteiger partial charge in [0.05, 0.1) is 30.5 Å². The van der Waals surface area contributed by atoms with Crippen molar-refractivity contribution in [2.24, 2.45) is 0 Å². The first-order chi connectivity index (χ1) is 11.6. The van der Waals surface area contributed by atoms with Crippen LogP contribution in [0.25, 0.3) is 0 Å². The summed E-state index contributed by atoms with van der Waals surface area (Å²) in [6, 6.07) is 5.79. The lowest BCUT2D eigenvalue weighted by atomic mass is 10.2. The zero-order valence-electron chi connectivity index (χ0n) is 14.5. The second-order valence-electron chi connectivity index (χ2n) is 6.22. The van der Waals surface area contributed by atoms with Gasteiger partial charge in [-0.05, 0) is 45.7 Å². The Morgan fingerprint density at radius 1 is 1.38 bits per heavy atom. The van der Waals surface area contributed by atoms with E-state index in [1.54, 1.807) is 18.3 Å². The molecule has 0 spiro atoms. The van der Waals surface area contributed by atoms with Crippen molar-refractivity contribution in [3.05, 3.63) is 41.3 Å². The highest BCUT2D eigenvalue weighted by Crippen LogP contribution is 2.22. The number of nitrogens with zero attached hydrogens (tertiary/aromatic N) is 4. The molecule has 0 saturated carbocycles. The lowest BCUT2D eigenvalue weighted by molar-refractivity contribution is 0.0720. The molecule has 0 radical (unpaired) electrons.